The van der Waals surface area contributed by atoms with Crippen LogP contribution in [-0.4, -0.2) is 11.8 Å². The van der Waals surface area contributed by atoms with Crippen LogP contribution in [0.15, 0.2) is 36.4 Å². The SMILES string of the molecule is Cc1cc(C)c(NC(=O)C2(C(=O)Nc3ccc(Cl)cc3)CC2)c(C)c1. The van der Waals surface area contributed by atoms with Crippen molar-refractivity contribution in [3.8, 4) is 0 Å². The number of hydrogen-bond donors (Lipinski definition) is 2. The van der Waals surface area contributed by atoms with Gasteiger partial charge in [0, 0.05) is 16.4 Å². The minimum absolute atomic E-state index is 0.242. The van der Waals surface area contributed by atoms with E-state index in [2.05, 4.69) is 10.6 Å². The molecule has 1 aliphatic carbocycles. The van der Waals surface area contributed by atoms with Crippen LogP contribution in [0.25, 0.3) is 0 Å². The first kappa shape index (κ1) is 17.5. The van der Waals surface area contributed by atoms with Crippen LogP contribution in [0.4, 0.5) is 11.4 Å². The third-order valence-corrected chi connectivity index (χ3v) is 4.89. The average molecular weight is 357 g/mol. The number of anilines is 2. The predicted molar refractivity (Wildman–Crippen MR) is 101 cm³/mol. The van der Waals surface area contributed by atoms with E-state index in [0.717, 1.165) is 22.4 Å². The largest absolute Gasteiger partial charge is 0.325 e. The van der Waals surface area contributed by atoms with Gasteiger partial charge in [-0.05, 0) is 69.0 Å². The lowest BCUT2D eigenvalue weighted by atomic mass is 10.0. The molecular formula is C20H21ClN2O2. The van der Waals surface area contributed by atoms with Crippen LogP contribution in [0.3, 0.4) is 0 Å². The van der Waals surface area contributed by atoms with Crippen LogP contribution in [0.2, 0.25) is 5.02 Å². The molecular weight excluding hydrogens is 336 g/mol. The van der Waals surface area contributed by atoms with Gasteiger partial charge in [0.25, 0.3) is 0 Å². The predicted octanol–water partition coefficient (Wildman–Crippen LogP) is 4.62. The molecule has 25 heavy (non-hydrogen) atoms. The van der Waals surface area contributed by atoms with Gasteiger partial charge in [-0.3, -0.25) is 9.59 Å². The molecule has 1 aliphatic rings. The van der Waals surface area contributed by atoms with Crippen molar-refractivity contribution in [2.24, 2.45) is 5.41 Å². The zero-order valence-electron chi connectivity index (χ0n) is 14.6. The van der Waals surface area contributed by atoms with Gasteiger partial charge in [0.1, 0.15) is 5.41 Å². The summed E-state index contributed by atoms with van der Waals surface area (Å²) in [6, 6.07) is 10.9. The molecule has 0 aliphatic heterocycles. The van der Waals surface area contributed by atoms with E-state index < -0.39 is 5.41 Å². The highest BCUT2D eigenvalue weighted by atomic mass is 35.5. The summed E-state index contributed by atoms with van der Waals surface area (Å²) >= 11 is 5.86. The minimum Gasteiger partial charge on any atom is -0.325 e. The van der Waals surface area contributed by atoms with Crippen LogP contribution < -0.4 is 10.6 Å². The maximum atomic E-state index is 12.8. The number of halogens is 1. The molecule has 0 aromatic heterocycles. The molecule has 0 saturated heterocycles. The number of benzene rings is 2. The second-order valence-corrected chi connectivity index (χ2v) is 7.21. The van der Waals surface area contributed by atoms with E-state index >= 15 is 0 Å². The number of nitrogens with one attached hydrogen (secondary N) is 2. The fourth-order valence-electron chi connectivity index (χ4n) is 3.08. The third kappa shape index (κ3) is 3.54. The van der Waals surface area contributed by atoms with Crippen molar-refractivity contribution < 1.29 is 9.59 Å². The van der Waals surface area contributed by atoms with Crippen LogP contribution in [0.1, 0.15) is 29.5 Å². The Morgan fingerprint density at radius 2 is 1.44 bits per heavy atom. The Morgan fingerprint density at radius 3 is 1.96 bits per heavy atom. The van der Waals surface area contributed by atoms with E-state index in [-0.39, 0.29) is 11.8 Å². The first-order valence-corrected chi connectivity index (χ1v) is 8.66. The molecule has 2 N–H and O–H groups in total. The van der Waals surface area contributed by atoms with Crippen molar-refractivity contribution in [2.75, 3.05) is 10.6 Å². The molecule has 2 aromatic carbocycles. The van der Waals surface area contributed by atoms with E-state index in [1.807, 2.05) is 32.9 Å². The summed E-state index contributed by atoms with van der Waals surface area (Å²) in [5.41, 5.74) is 3.59. The Kier molecular flexibility index (Phi) is 4.56. The van der Waals surface area contributed by atoms with Crippen molar-refractivity contribution in [3.63, 3.8) is 0 Å². The summed E-state index contributed by atoms with van der Waals surface area (Å²) in [7, 11) is 0. The number of rotatable bonds is 4. The second-order valence-electron chi connectivity index (χ2n) is 6.77. The van der Waals surface area contributed by atoms with Gasteiger partial charge in [0.05, 0.1) is 0 Å². The van der Waals surface area contributed by atoms with E-state index in [0.29, 0.717) is 23.6 Å². The Bertz CT molecular complexity index is 816. The number of carbonyl (C=O) groups excluding carboxylic acids is 2. The number of carbonyl (C=O) groups is 2. The van der Waals surface area contributed by atoms with E-state index in [1.165, 1.54) is 0 Å². The van der Waals surface area contributed by atoms with Crippen molar-refractivity contribution in [1.82, 2.24) is 0 Å². The second kappa shape index (κ2) is 6.52. The van der Waals surface area contributed by atoms with Crippen molar-refractivity contribution in [2.45, 2.75) is 33.6 Å². The number of aryl methyl sites for hydroxylation is 3. The summed E-state index contributed by atoms with van der Waals surface area (Å²) in [6.07, 6.45) is 1.12. The summed E-state index contributed by atoms with van der Waals surface area (Å²) in [5, 5.41) is 6.38. The molecule has 2 aromatic rings. The first-order chi connectivity index (χ1) is 11.8. The molecule has 130 valence electrons. The number of hydrogen-bond acceptors (Lipinski definition) is 2. The minimum atomic E-state index is -0.983. The molecule has 0 bridgehead atoms. The smallest absolute Gasteiger partial charge is 0.240 e. The molecule has 1 saturated carbocycles. The fourth-order valence-corrected chi connectivity index (χ4v) is 3.20. The first-order valence-electron chi connectivity index (χ1n) is 8.28. The lowest BCUT2D eigenvalue weighted by molar-refractivity contribution is -0.131. The summed E-state index contributed by atoms with van der Waals surface area (Å²) in [4.78, 5) is 25.4. The van der Waals surface area contributed by atoms with Crippen molar-refractivity contribution in [1.29, 1.82) is 0 Å². The van der Waals surface area contributed by atoms with Crippen LogP contribution in [-0.2, 0) is 9.59 Å². The fraction of sp³-hybridized carbons (Fsp3) is 0.300. The van der Waals surface area contributed by atoms with Crippen LogP contribution >= 0.6 is 11.6 Å². The van der Waals surface area contributed by atoms with Crippen LogP contribution in [0.5, 0.6) is 0 Å². The third-order valence-electron chi connectivity index (χ3n) is 4.64. The standard InChI is InChI=1S/C20H21ClN2O2/c1-12-10-13(2)17(14(3)11-12)23-19(25)20(8-9-20)18(24)22-16-6-4-15(21)5-7-16/h4-7,10-11H,8-9H2,1-3H3,(H,22,24)(H,23,25). The lowest BCUT2D eigenvalue weighted by Gasteiger charge is -2.18. The summed E-state index contributed by atoms with van der Waals surface area (Å²) < 4.78 is 0. The lowest BCUT2D eigenvalue weighted by Crippen LogP contribution is -2.36. The van der Waals surface area contributed by atoms with Crippen molar-refractivity contribution in [3.05, 3.63) is 58.1 Å². The quantitative estimate of drug-likeness (QED) is 0.785. The molecule has 0 spiro atoms. The van der Waals surface area contributed by atoms with E-state index in [1.54, 1.807) is 24.3 Å². The highest BCUT2D eigenvalue weighted by molar-refractivity contribution is 6.30. The van der Waals surface area contributed by atoms with Gasteiger partial charge in [-0.25, -0.2) is 0 Å². The highest BCUT2D eigenvalue weighted by Gasteiger charge is 2.56. The zero-order valence-corrected chi connectivity index (χ0v) is 15.3. The Balaban J connectivity index is 1.75. The molecule has 1 fully saturated rings. The average Bonchev–Trinajstić information content (AvgIpc) is 3.34. The molecule has 0 unspecified atom stereocenters. The maximum absolute atomic E-state index is 12.8. The zero-order chi connectivity index (χ0) is 18.2. The molecule has 0 radical (unpaired) electrons. The van der Waals surface area contributed by atoms with Gasteiger partial charge < -0.3 is 10.6 Å². The Morgan fingerprint density at radius 1 is 0.920 bits per heavy atom. The van der Waals surface area contributed by atoms with Gasteiger partial charge in [-0.2, -0.15) is 0 Å². The molecule has 0 heterocycles. The Labute approximate surface area is 152 Å². The normalized spacial score (nSPS) is 14.7. The topological polar surface area (TPSA) is 58.2 Å². The van der Waals surface area contributed by atoms with Gasteiger partial charge >= 0.3 is 0 Å². The Hall–Kier alpha value is -2.33. The molecule has 3 rings (SSSR count). The molecule has 4 nitrogen and oxygen atoms in total. The summed E-state index contributed by atoms with van der Waals surface area (Å²) in [6.45, 7) is 5.94. The maximum Gasteiger partial charge on any atom is 0.240 e. The van der Waals surface area contributed by atoms with Gasteiger partial charge in [0.15, 0.2) is 0 Å². The molecule has 2 amide bonds. The highest BCUT2D eigenvalue weighted by Crippen LogP contribution is 2.47. The van der Waals surface area contributed by atoms with E-state index in [9.17, 15) is 9.59 Å². The van der Waals surface area contributed by atoms with Gasteiger partial charge in [-0.15, -0.1) is 0 Å². The van der Waals surface area contributed by atoms with E-state index in [4.69, 9.17) is 11.6 Å². The van der Waals surface area contributed by atoms with Gasteiger partial charge in [-0.1, -0.05) is 29.3 Å². The monoisotopic (exact) mass is 356 g/mol. The van der Waals surface area contributed by atoms with Crippen molar-refractivity contribution >= 4 is 34.8 Å². The van der Waals surface area contributed by atoms with Gasteiger partial charge in [0.2, 0.25) is 11.8 Å². The summed E-state index contributed by atoms with van der Waals surface area (Å²) in [5.74, 6) is -0.510. The molecule has 0 atom stereocenters. The molecule has 5 heteroatoms. The number of amides is 2. The van der Waals surface area contributed by atoms with Crippen LogP contribution in [0, 0.1) is 26.2 Å².